The van der Waals surface area contributed by atoms with E-state index in [-0.39, 0.29) is 0 Å². The molecule has 15 heavy (non-hydrogen) atoms. The van der Waals surface area contributed by atoms with Gasteiger partial charge in [0.15, 0.2) is 12.6 Å². The number of aliphatic hydroxyl groups excluding tert-OH is 2. The van der Waals surface area contributed by atoms with Gasteiger partial charge in [-0.05, 0) is 6.92 Å². The lowest BCUT2D eigenvalue weighted by Crippen LogP contribution is -2.62. The second-order valence-electron chi connectivity index (χ2n) is 3.76. The Labute approximate surface area is 87.7 Å². The third-order valence-corrected chi connectivity index (χ3v) is 2.72. The predicted molar refractivity (Wildman–Crippen MR) is 48.0 cm³/mol. The molecule has 0 radical (unpaired) electrons. The van der Waals surface area contributed by atoms with E-state index in [9.17, 15) is 10.2 Å². The SMILES string of the molecule is CO[C@@H]1OC2COC(C)O[C@H]2[C@H](O)C1O. The molecule has 2 aliphatic heterocycles. The van der Waals surface area contributed by atoms with Crippen LogP contribution in [0.1, 0.15) is 6.92 Å². The molecule has 2 fully saturated rings. The Balaban J connectivity index is 2.07. The van der Waals surface area contributed by atoms with Gasteiger partial charge in [-0.2, -0.15) is 0 Å². The van der Waals surface area contributed by atoms with Gasteiger partial charge in [0.25, 0.3) is 0 Å². The second-order valence-corrected chi connectivity index (χ2v) is 3.76. The minimum Gasteiger partial charge on any atom is -0.387 e. The molecule has 2 heterocycles. The Hall–Kier alpha value is -0.240. The predicted octanol–water partition coefficient (Wildman–Crippen LogP) is -1.16. The lowest BCUT2D eigenvalue weighted by molar-refractivity contribution is -0.352. The smallest absolute Gasteiger partial charge is 0.186 e. The average Bonchev–Trinajstić information content (AvgIpc) is 2.24. The minimum atomic E-state index is -1.10. The first-order chi connectivity index (χ1) is 7.13. The molecule has 3 unspecified atom stereocenters. The van der Waals surface area contributed by atoms with Crippen LogP contribution in [0, 0.1) is 0 Å². The maximum absolute atomic E-state index is 9.80. The Kier molecular flexibility index (Phi) is 3.24. The summed E-state index contributed by atoms with van der Waals surface area (Å²) in [5.41, 5.74) is 0. The summed E-state index contributed by atoms with van der Waals surface area (Å²) in [4.78, 5) is 0. The molecule has 6 nitrogen and oxygen atoms in total. The van der Waals surface area contributed by atoms with Crippen LogP contribution in [-0.4, -0.2) is 60.9 Å². The van der Waals surface area contributed by atoms with Gasteiger partial charge < -0.3 is 29.2 Å². The van der Waals surface area contributed by atoms with Gasteiger partial charge in [-0.3, -0.25) is 0 Å². The van der Waals surface area contributed by atoms with Crippen molar-refractivity contribution < 1.29 is 29.2 Å². The van der Waals surface area contributed by atoms with Crippen LogP contribution in [0.4, 0.5) is 0 Å². The van der Waals surface area contributed by atoms with E-state index in [0.717, 1.165) is 0 Å². The van der Waals surface area contributed by atoms with Crippen LogP contribution in [0.2, 0.25) is 0 Å². The molecule has 0 spiro atoms. The standard InChI is InChI=1S/C9H16O6/c1-4-13-3-5-8(14-4)6(10)7(11)9(12-2)15-5/h4-11H,3H2,1-2H3/t4?,5?,6-,7?,8-,9-/m1/s1. The third kappa shape index (κ3) is 2.01. The van der Waals surface area contributed by atoms with E-state index in [1.165, 1.54) is 7.11 Å². The van der Waals surface area contributed by atoms with Crippen LogP contribution >= 0.6 is 0 Å². The van der Waals surface area contributed by atoms with Crippen molar-refractivity contribution in [2.45, 2.75) is 43.9 Å². The summed E-state index contributed by atoms with van der Waals surface area (Å²) in [6.45, 7) is 2.06. The number of ether oxygens (including phenoxy) is 4. The summed E-state index contributed by atoms with van der Waals surface area (Å²) in [7, 11) is 1.41. The van der Waals surface area contributed by atoms with Crippen molar-refractivity contribution in [1.82, 2.24) is 0 Å². The van der Waals surface area contributed by atoms with E-state index in [1.54, 1.807) is 6.92 Å². The monoisotopic (exact) mass is 220 g/mol. The zero-order chi connectivity index (χ0) is 11.0. The van der Waals surface area contributed by atoms with Crippen molar-refractivity contribution in [3.8, 4) is 0 Å². The zero-order valence-corrected chi connectivity index (χ0v) is 8.70. The van der Waals surface area contributed by atoms with E-state index in [0.29, 0.717) is 6.61 Å². The van der Waals surface area contributed by atoms with E-state index < -0.39 is 37.0 Å². The molecule has 6 atom stereocenters. The average molecular weight is 220 g/mol. The lowest BCUT2D eigenvalue weighted by Gasteiger charge is -2.45. The van der Waals surface area contributed by atoms with Gasteiger partial charge in [-0.15, -0.1) is 0 Å². The molecule has 2 aliphatic rings. The van der Waals surface area contributed by atoms with Crippen molar-refractivity contribution in [3.63, 3.8) is 0 Å². The van der Waals surface area contributed by atoms with Crippen molar-refractivity contribution in [2.75, 3.05) is 13.7 Å². The molecule has 0 saturated carbocycles. The first-order valence-electron chi connectivity index (χ1n) is 4.95. The van der Waals surface area contributed by atoms with Crippen molar-refractivity contribution in [3.05, 3.63) is 0 Å². The fraction of sp³-hybridized carbons (Fsp3) is 1.00. The molecule has 0 bridgehead atoms. The largest absolute Gasteiger partial charge is 0.387 e. The molecule has 0 amide bonds. The molecule has 6 heteroatoms. The topological polar surface area (TPSA) is 77.4 Å². The van der Waals surface area contributed by atoms with E-state index in [2.05, 4.69) is 0 Å². The molecule has 0 aromatic rings. The number of hydrogen-bond donors (Lipinski definition) is 2. The summed E-state index contributed by atoms with van der Waals surface area (Å²) >= 11 is 0. The first-order valence-corrected chi connectivity index (χ1v) is 4.95. The van der Waals surface area contributed by atoms with Gasteiger partial charge in [0.1, 0.15) is 24.4 Å². The second kappa shape index (κ2) is 4.32. The number of fused-ring (bicyclic) bond motifs is 1. The molecular formula is C9H16O6. The molecule has 2 rings (SSSR count). The van der Waals surface area contributed by atoms with Gasteiger partial charge in [0, 0.05) is 7.11 Å². The summed E-state index contributed by atoms with van der Waals surface area (Å²) in [6, 6.07) is 0. The van der Waals surface area contributed by atoms with Gasteiger partial charge in [0.2, 0.25) is 0 Å². The molecule has 0 aromatic heterocycles. The third-order valence-electron chi connectivity index (χ3n) is 2.72. The molecule has 2 N–H and O–H groups in total. The number of aliphatic hydroxyl groups is 2. The van der Waals surface area contributed by atoms with E-state index >= 15 is 0 Å². The molecule has 88 valence electrons. The highest BCUT2D eigenvalue weighted by Crippen LogP contribution is 2.28. The van der Waals surface area contributed by atoms with Crippen LogP contribution < -0.4 is 0 Å². The Morgan fingerprint density at radius 1 is 1.20 bits per heavy atom. The van der Waals surface area contributed by atoms with Crippen LogP contribution in [0.3, 0.4) is 0 Å². The quantitative estimate of drug-likeness (QED) is 0.580. The van der Waals surface area contributed by atoms with Gasteiger partial charge in [0.05, 0.1) is 6.61 Å². The van der Waals surface area contributed by atoms with E-state index in [4.69, 9.17) is 18.9 Å². The highest BCUT2D eigenvalue weighted by molar-refractivity contribution is 4.91. The van der Waals surface area contributed by atoms with Crippen LogP contribution in [0.5, 0.6) is 0 Å². The summed E-state index contributed by atoms with van der Waals surface area (Å²) < 4.78 is 20.9. The number of rotatable bonds is 1. The van der Waals surface area contributed by atoms with E-state index in [1.807, 2.05) is 0 Å². The highest BCUT2D eigenvalue weighted by atomic mass is 16.7. The van der Waals surface area contributed by atoms with Crippen LogP contribution in [-0.2, 0) is 18.9 Å². The maximum atomic E-state index is 9.80. The van der Waals surface area contributed by atoms with Crippen molar-refractivity contribution >= 4 is 0 Å². The zero-order valence-electron chi connectivity index (χ0n) is 8.70. The Bertz CT molecular complexity index is 221. The van der Waals surface area contributed by atoms with Gasteiger partial charge in [-0.1, -0.05) is 0 Å². The van der Waals surface area contributed by atoms with Crippen molar-refractivity contribution in [1.29, 1.82) is 0 Å². The molecular weight excluding hydrogens is 204 g/mol. The first kappa shape index (κ1) is 11.3. The fourth-order valence-electron chi connectivity index (χ4n) is 1.89. The number of hydrogen-bond acceptors (Lipinski definition) is 6. The van der Waals surface area contributed by atoms with Gasteiger partial charge >= 0.3 is 0 Å². The maximum Gasteiger partial charge on any atom is 0.186 e. The minimum absolute atomic E-state index is 0.329. The van der Waals surface area contributed by atoms with Crippen LogP contribution in [0.25, 0.3) is 0 Å². The summed E-state index contributed by atoms with van der Waals surface area (Å²) in [5.74, 6) is 0. The van der Waals surface area contributed by atoms with Gasteiger partial charge in [-0.25, -0.2) is 0 Å². The van der Waals surface area contributed by atoms with Crippen molar-refractivity contribution in [2.24, 2.45) is 0 Å². The molecule has 0 aromatic carbocycles. The Morgan fingerprint density at radius 3 is 2.60 bits per heavy atom. The molecule has 0 aliphatic carbocycles. The fourth-order valence-corrected chi connectivity index (χ4v) is 1.89. The number of methoxy groups -OCH3 is 1. The summed E-state index contributed by atoms with van der Waals surface area (Å²) in [6.07, 6.45) is -4.29. The highest BCUT2D eigenvalue weighted by Gasteiger charge is 2.48. The Morgan fingerprint density at radius 2 is 1.93 bits per heavy atom. The van der Waals surface area contributed by atoms with Crippen LogP contribution in [0.15, 0.2) is 0 Å². The lowest BCUT2D eigenvalue weighted by atomic mass is 9.98. The summed E-state index contributed by atoms with van der Waals surface area (Å²) in [5, 5.41) is 19.4. The molecule has 2 saturated heterocycles. The normalized spacial score (nSPS) is 51.2.